The molecule has 0 aromatic heterocycles. The number of nitrogens with zero attached hydrogens (tertiary/aromatic N) is 3. The molecule has 0 spiro atoms. The van der Waals surface area contributed by atoms with Crippen LogP contribution >= 0.6 is 0 Å². The van der Waals surface area contributed by atoms with Gasteiger partial charge in [0.25, 0.3) is 0 Å². The standard InChI is InChI=1S/C15H22FN3O2/c1-15(2,3)21-14(20)18-7-5-13(12(16)10-18)19-8-11(9-19)4-6-17/h4,12-13H,5,7-10H2,1-3H3. The van der Waals surface area contributed by atoms with E-state index in [0.29, 0.717) is 26.1 Å². The zero-order chi connectivity index (χ0) is 15.6. The van der Waals surface area contributed by atoms with Gasteiger partial charge in [0.2, 0.25) is 0 Å². The average molecular weight is 295 g/mol. The van der Waals surface area contributed by atoms with Crippen LogP contribution in [-0.2, 0) is 4.74 Å². The van der Waals surface area contributed by atoms with E-state index in [4.69, 9.17) is 10.00 Å². The van der Waals surface area contributed by atoms with Crippen molar-refractivity contribution >= 4 is 6.09 Å². The summed E-state index contributed by atoms with van der Waals surface area (Å²) >= 11 is 0. The van der Waals surface area contributed by atoms with Crippen LogP contribution in [0, 0.1) is 11.3 Å². The van der Waals surface area contributed by atoms with Crippen LogP contribution in [-0.4, -0.2) is 59.9 Å². The van der Waals surface area contributed by atoms with Crippen LogP contribution in [0.2, 0.25) is 0 Å². The van der Waals surface area contributed by atoms with Crippen molar-refractivity contribution in [3.05, 3.63) is 11.6 Å². The molecule has 2 aliphatic heterocycles. The first-order chi connectivity index (χ1) is 9.80. The summed E-state index contributed by atoms with van der Waals surface area (Å²) in [4.78, 5) is 15.4. The topological polar surface area (TPSA) is 56.6 Å². The lowest BCUT2D eigenvalue weighted by atomic mass is 9.96. The molecule has 2 atom stereocenters. The maximum atomic E-state index is 14.3. The van der Waals surface area contributed by atoms with Gasteiger partial charge in [-0.1, -0.05) is 0 Å². The molecule has 0 saturated carbocycles. The highest BCUT2D eigenvalue weighted by atomic mass is 19.1. The number of allylic oxidation sites excluding steroid dienone is 1. The number of halogens is 1. The monoisotopic (exact) mass is 295 g/mol. The van der Waals surface area contributed by atoms with Crippen molar-refractivity contribution in [2.24, 2.45) is 0 Å². The van der Waals surface area contributed by atoms with Crippen molar-refractivity contribution in [2.75, 3.05) is 26.2 Å². The highest BCUT2D eigenvalue weighted by Crippen LogP contribution is 2.27. The Morgan fingerprint density at radius 2 is 2.14 bits per heavy atom. The Morgan fingerprint density at radius 1 is 1.48 bits per heavy atom. The maximum Gasteiger partial charge on any atom is 0.410 e. The second-order valence-corrected chi connectivity index (χ2v) is 6.64. The van der Waals surface area contributed by atoms with E-state index >= 15 is 0 Å². The number of hydrogen-bond donors (Lipinski definition) is 0. The Hall–Kier alpha value is -1.61. The largest absolute Gasteiger partial charge is 0.444 e. The van der Waals surface area contributed by atoms with Gasteiger partial charge >= 0.3 is 6.09 Å². The molecule has 2 fully saturated rings. The molecule has 2 unspecified atom stereocenters. The van der Waals surface area contributed by atoms with Crippen LogP contribution in [0.3, 0.4) is 0 Å². The van der Waals surface area contributed by atoms with Gasteiger partial charge in [-0.25, -0.2) is 9.18 Å². The fraction of sp³-hybridized carbons (Fsp3) is 0.733. The molecule has 2 aliphatic rings. The molecule has 2 heterocycles. The van der Waals surface area contributed by atoms with Gasteiger partial charge in [-0.3, -0.25) is 4.90 Å². The molecular formula is C15H22FN3O2. The van der Waals surface area contributed by atoms with Crippen molar-refractivity contribution in [1.82, 2.24) is 9.80 Å². The van der Waals surface area contributed by atoms with Gasteiger partial charge in [-0.2, -0.15) is 5.26 Å². The smallest absolute Gasteiger partial charge is 0.410 e. The minimum atomic E-state index is -1.07. The Balaban J connectivity index is 1.84. The highest BCUT2D eigenvalue weighted by molar-refractivity contribution is 5.68. The summed E-state index contributed by atoms with van der Waals surface area (Å²) in [5.74, 6) is 0. The quantitative estimate of drug-likeness (QED) is 0.695. The Bertz CT molecular complexity index is 470. The molecule has 21 heavy (non-hydrogen) atoms. The fourth-order valence-electron chi connectivity index (χ4n) is 2.69. The molecule has 0 aromatic rings. The highest BCUT2D eigenvalue weighted by Gasteiger charge is 2.39. The number of ether oxygens (including phenoxy) is 1. The SMILES string of the molecule is CC(C)(C)OC(=O)N1CCC(N2CC(=CC#N)C2)C(F)C1. The number of rotatable bonds is 1. The lowest BCUT2D eigenvalue weighted by molar-refractivity contribution is -0.00856. The molecule has 0 aromatic carbocycles. The minimum Gasteiger partial charge on any atom is -0.444 e. The number of hydrogen-bond acceptors (Lipinski definition) is 4. The number of carbonyl (C=O) groups is 1. The third-order valence-corrected chi connectivity index (χ3v) is 3.71. The van der Waals surface area contributed by atoms with Gasteiger partial charge in [0.05, 0.1) is 12.6 Å². The predicted octanol–water partition coefficient (Wildman–Crippen LogP) is 2.10. The zero-order valence-corrected chi connectivity index (χ0v) is 12.8. The molecule has 0 N–H and O–H groups in total. The van der Waals surface area contributed by atoms with Crippen LogP contribution < -0.4 is 0 Å². The molecule has 0 aliphatic carbocycles. The Labute approximate surface area is 125 Å². The normalized spacial score (nSPS) is 26.8. The number of amides is 1. The van der Waals surface area contributed by atoms with Gasteiger partial charge in [-0.15, -0.1) is 0 Å². The van der Waals surface area contributed by atoms with Crippen molar-refractivity contribution in [1.29, 1.82) is 5.26 Å². The summed E-state index contributed by atoms with van der Waals surface area (Å²) < 4.78 is 19.6. The molecular weight excluding hydrogens is 273 g/mol. The van der Waals surface area contributed by atoms with E-state index in [1.807, 2.05) is 11.0 Å². The van der Waals surface area contributed by atoms with Gasteiger partial charge < -0.3 is 9.64 Å². The number of likely N-dealkylation sites (tertiary alicyclic amines) is 2. The van der Waals surface area contributed by atoms with Crippen LogP contribution in [0.1, 0.15) is 27.2 Å². The van der Waals surface area contributed by atoms with Crippen LogP contribution in [0.15, 0.2) is 11.6 Å². The molecule has 0 radical (unpaired) electrons. The average Bonchev–Trinajstić information content (AvgIpc) is 2.32. The lowest BCUT2D eigenvalue weighted by Gasteiger charge is -2.45. The van der Waals surface area contributed by atoms with Gasteiger partial charge in [0.15, 0.2) is 0 Å². The summed E-state index contributed by atoms with van der Waals surface area (Å²) in [6.07, 6.45) is 0.604. The first-order valence-electron chi connectivity index (χ1n) is 7.24. The summed E-state index contributed by atoms with van der Waals surface area (Å²) in [5.41, 5.74) is 0.480. The number of alkyl halides is 1. The molecule has 116 valence electrons. The lowest BCUT2D eigenvalue weighted by Crippen LogP contribution is -2.58. The van der Waals surface area contributed by atoms with Crippen LogP contribution in [0.25, 0.3) is 0 Å². The number of carbonyl (C=O) groups excluding carboxylic acids is 1. The van der Waals surface area contributed by atoms with Crippen LogP contribution in [0.5, 0.6) is 0 Å². The van der Waals surface area contributed by atoms with E-state index in [0.717, 1.165) is 5.57 Å². The van der Waals surface area contributed by atoms with Gasteiger partial charge in [-0.05, 0) is 32.8 Å². The van der Waals surface area contributed by atoms with E-state index < -0.39 is 17.9 Å². The summed E-state index contributed by atoms with van der Waals surface area (Å²) in [6, 6.07) is 1.83. The summed E-state index contributed by atoms with van der Waals surface area (Å²) in [7, 11) is 0. The molecule has 0 bridgehead atoms. The van der Waals surface area contributed by atoms with Crippen molar-refractivity contribution in [3.8, 4) is 6.07 Å². The third-order valence-electron chi connectivity index (χ3n) is 3.71. The van der Waals surface area contributed by atoms with Crippen LogP contribution in [0.4, 0.5) is 9.18 Å². The van der Waals surface area contributed by atoms with Crippen molar-refractivity contribution in [3.63, 3.8) is 0 Å². The minimum absolute atomic E-state index is 0.0768. The van der Waals surface area contributed by atoms with E-state index in [-0.39, 0.29) is 12.6 Å². The number of nitriles is 1. The second kappa shape index (κ2) is 6.02. The maximum absolute atomic E-state index is 14.3. The van der Waals surface area contributed by atoms with E-state index in [1.54, 1.807) is 20.8 Å². The van der Waals surface area contributed by atoms with Crippen molar-refractivity contribution in [2.45, 2.75) is 45.0 Å². The summed E-state index contributed by atoms with van der Waals surface area (Å²) in [6.45, 7) is 7.30. The molecule has 2 saturated heterocycles. The second-order valence-electron chi connectivity index (χ2n) is 6.64. The Morgan fingerprint density at radius 3 is 2.67 bits per heavy atom. The third kappa shape index (κ3) is 3.94. The fourth-order valence-corrected chi connectivity index (χ4v) is 2.69. The van der Waals surface area contributed by atoms with Gasteiger partial charge in [0, 0.05) is 31.8 Å². The number of piperidine rings is 1. The summed E-state index contributed by atoms with van der Waals surface area (Å²) in [5, 5.41) is 8.56. The molecule has 6 heteroatoms. The van der Waals surface area contributed by atoms with E-state index in [1.165, 1.54) is 11.0 Å². The first kappa shape index (κ1) is 15.8. The zero-order valence-electron chi connectivity index (χ0n) is 12.8. The molecule has 1 amide bonds. The molecule has 2 rings (SSSR count). The van der Waals surface area contributed by atoms with Gasteiger partial charge in [0.1, 0.15) is 11.8 Å². The predicted molar refractivity (Wildman–Crippen MR) is 76.4 cm³/mol. The first-order valence-corrected chi connectivity index (χ1v) is 7.24. The van der Waals surface area contributed by atoms with Crippen molar-refractivity contribution < 1.29 is 13.9 Å². The Kier molecular flexibility index (Phi) is 4.52. The van der Waals surface area contributed by atoms with E-state index in [9.17, 15) is 9.18 Å². The molecule has 5 nitrogen and oxygen atoms in total. The van der Waals surface area contributed by atoms with E-state index in [2.05, 4.69) is 0 Å².